The van der Waals surface area contributed by atoms with E-state index >= 15 is 0 Å². The Labute approximate surface area is 311 Å². The van der Waals surface area contributed by atoms with E-state index < -0.39 is 16.5 Å². The van der Waals surface area contributed by atoms with E-state index in [1.807, 2.05) is 37.8 Å². The van der Waals surface area contributed by atoms with Crippen LogP contribution in [0, 0.1) is 13.8 Å². The number of aromatic nitrogens is 6. The molecule has 0 aliphatic carbocycles. The van der Waals surface area contributed by atoms with Crippen LogP contribution in [0.15, 0.2) is 78.1 Å². The van der Waals surface area contributed by atoms with E-state index in [0.717, 1.165) is 15.8 Å². The molecule has 6 nitrogen and oxygen atoms in total. The normalized spacial score (nSPS) is 12.6. The number of nitrogens with one attached hydrogen (secondary N) is 1. The van der Waals surface area contributed by atoms with Gasteiger partial charge in [-0.15, -0.1) is 0 Å². The van der Waals surface area contributed by atoms with Gasteiger partial charge in [-0.05, 0) is 123 Å². The summed E-state index contributed by atoms with van der Waals surface area (Å²) < 4.78 is 6.17. The average molecular weight is 774 g/mol. The molecule has 0 fully saturated rings. The highest BCUT2D eigenvalue weighted by Gasteiger charge is 2.47. The van der Waals surface area contributed by atoms with Crippen molar-refractivity contribution in [3.8, 4) is 0 Å². The first-order valence-electron chi connectivity index (χ1n) is 18.5. The van der Waals surface area contributed by atoms with Gasteiger partial charge in [-0.1, -0.05) is 83.1 Å². The van der Waals surface area contributed by atoms with E-state index in [0.29, 0.717) is 33.2 Å². The Bertz CT molecular complexity index is 1850. The van der Waals surface area contributed by atoms with Crippen LogP contribution in [0.3, 0.4) is 0 Å². The molecule has 6 rings (SSSR count). The zero-order chi connectivity index (χ0) is 37.1. The van der Waals surface area contributed by atoms with Crippen LogP contribution in [-0.2, 0) is 0 Å². The molecule has 0 aliphatic rings. The van der Waals surface area contributed by atoms with E-state index in [4.69, 9.17) is 9.97 Å². The quantitative estimate of drug-likeness (QED) is 0.157. The highest BCUT2D eigenvalue weighted by molar-refractivity contribution is 9.10. The number of aromatic amines is 1. The lowest BCUT2D eigenvalue weighted by molar-refractivity contribution is 0.770. The third-order valence-electron chi connectivity index (χ3n) is 11.1. The number of fused-ring (bicyclic) bond motifs is 3. The Hall–Kier alpha value is -3.02. The van der Waals surface area contributed by atoms with Crippen molar-refractivity contribution in [2.75, 3.05) is 0 Å². The summed E-state index contributed by atoms with van der Waals surface area (Å²) in [6, 6.07) is 13.0. The molecule has 6 aromatic rings. The first-order chi connectivity index (χ1) is 23.5. The lowest BCUT2D eigenvalue weighted by Crippen LogP contribution is -2.51. The molecule has 6 aromatic heterocycles. The van der Waals surface area contributed by atoms with Gasteiger partial charge in [0.2, 0.25) is 0 Å². The van der Waals surface area contributed by atoms with E-state index in [1.165, 1.54) is 32.9 Å². The molecule has 0 atom stereocenters. The van der Waals surface area contributed by atoms with Gasteiger partial charge in [0.25, 0.3) is 0 Å². The Morgan fingerprint density at radius 3 is 1.40 bits per heavy atom. The van der Waals surface area contributed by atoms with E-state index in [-0.39, 0.29) is 0 Å². The van der Waals surface area contributed by atoms with Crippen LogP contribution in [0.25, 0.3) is 33.1 Å². The SMILES string of the molecule is CC(C)[Si](C(C)C)(C(C)C)n1ccc2cc(Br)cnc21.Cc1cnc2[nH]ccc2c1.Cc1cnc2c(ccn2[Si](C(C)C)(C(C)C)C(C)C)c1. The number of rotatable bonds is 8. The van der Waals surface area contributed by atoms with Crippen molar-refractivity contribution < 1.29 is 0 Å². The van der Waals surface area contributed by atoms with Gasteiger partial charge in [0, 0.05) is 45.4 Å². The van der Waals surface area contributed by atoms with Crippen LogP contribution in [0.5, 0.6) is 0 Å². The van der Waals surface area contributed by atoms with Gasteiger partial charge >= 0.3 is 0 Å². The van der Waals surface area contributed by atoms with Crippen molar-refractivity contribution in [1.82, 2.24) is 28.4 Å². The summed E-state index contributed by atoms with van der Waals surface area (Å²) in [5.41, 5.74) is 9.87. The molecule has 0 saturated carbocycles. The van der Waals surface area contributed by atoms with E-state index in [1.54, 1.807) is 0 Å². The van der Waals surface area contributed by atoms with Gasteiger partial charge in [0.05, 0.1) is 0 Å². The van der Waals surface area contributed by atoms with Crippen LogP contribution in [0.2, 0.25) is 33.2 Å². The fraction of sp³-hybridized carbons (Fsp3) is 0.488. The predicted molar refractivity (Wildman–Crippen MR) is 226 cm³/mol. The molecule has 0 aliphatic heterocycles. The maximum absolute atomic E-state index is 4.75. The zero-order valence-corrected chi connectivity index (χ0v) is 36.6. The number of H-pyrrole nitrogens is 1. The third-order valence-corrected chi connectivity index (χ3v) is 25.0. The number of aryl methyl sites for hydroxylation is 2. The Kier molecular flexibility index (Phi) is 12.8. The summed E-state index contributed by atoms with van der Waals surface area (Å²) in [6.45, 7) is 32.8. The maximum Gasteiger partial charge on any atom is 0.171 e. The van der Waals surface area contributed by atoms with Crippen molar-refractivity contribution in [1.29, 1.82) is 0 Å². The Morgan fingerprint density at radius 2 is 0.940 bits per heavy atom. The van der Waals surface area contributed by atoms with Gasteiger partial charge < -0.3 is 13.4 Å². The van der Waals surface area contributed by atoms with Crippen LogP contribution in [0.4, 0.5) is 0 Å². The van der Waals surface area contributed by atoms with Gasteiger partial charge in [-0.3, -0.25) is 0 Å². The average Bonchev–Trinajstić information content (AvgIpc) is 3.76. The topological polar surface area (TPSA) is 64.3 Å². The smallest absolute Gasteiger partial charge is 0.171 e. The van der Waals surface area contributed by atoms with Crippen molar-refractivity contribution in [3.63, 3.8) is 0 Å². The lowest BCUT2D eigenvalue weighted by Gasteiger charge is -2.44. The van der Waals surface area contributed by atoms with Gasteiger partial charge in [0.1, 0.15) is 16.9 Å². The molecule has 9 heteroatoms. The first kappa shape index (κ1) is 39.8. The second-order valence-corrected chi connectivity index (χ2v) is 28.4. The highest BCUT2D eigenvalue weighted by Crippen LogP contribution is 2.45. The first-order valence-corrected chi connectivity index (χ1v) is 23.6. The van der Waals surface area contributed by atoms with Crippen LogP contribution >= 0.6 is 15.9 Å². The van der Waals surface area contributed by atoms with E-state index in [2.05, 4.69) is 167 Å². The molecule has 0 aromatic carbocycles. The highest BCUT2D eigenvalue weighted by atomic mass is 79.9. The minimum atomic E-state index is -1.69. The van der Waals surface area contributed by atoms with Gasteiger partial charge in [-0.2, -0.15) is 0 Å². The summed E-state index contributed by atoms with van der Waals surface area (Å²) in [6.07, 6.45) is 12.2. The maximum atomic E-state index is 4.75. The molecular weight excluding hydrogens is 713 g/mol. The molecule has 0 amide bonds. The fourth-order valence-corrected chi connectivity index (χ4v) is 22.9. The van der Waals surface area contributed by atoms with Crippen molar-refractivity contribution >= 4 is 65.5 Å². The number of hydrogen-bond donors (Lipinski definition) is 1. The molecule has 0 bridgehead atoms. The molecule has 0 saturated heterocycles. The zero-order valence-electron chi connectivity index (χ0n) is 33.0. The van der Waals surface area contributed by atoms with Crippen LogP contribution in [0.1, 0.15) is 94.2 Å². The minimum Gasteiger partial charge on any atom is -0.359 e. The second kappa shape index (κ2) is 16.1. The second-order valence-electron chi connectivity index (χ2n) is 16.0. The summed E-state index contributed by atoms with van der Waals surface area (Å²) in [4.78, 5) is 16.7. The van der Waals surface area contributed by atoms with Gasteiger partial charge in [-0.25, -0.2) is 15.0 Å². The Balaban J connectivity index is 0.000000178. The van der Waals surface area contributed by atoms with Crippen molar-refractivity contribution in [3.05, 3.63) is 89.2 Å². The van der Waals surface area contributed by atoms with Crippen LogP contribution < -0.4 is 0 Å². The molecule has 0 radical (unpaired) electrons. The number of pyridine rings is 3. The predicted octanol–water partition coefficient (Wildman–Crippen LogP) is 13.1. The summed E-state index contributed by atoms with van der Waals surface area (Å²) in [5, 5.41) is 3.70. The molecule has 0 spiro atoms. The van der Waals surface area contributed by atoms with Crippen molar-refractivity contribution in [2.24, 2.45) is 0 Å². The summed E-state index contributed by atoms with van der Waals surface area (Å²) in [7, 11) is -3.37. The minimum absolute atomic E-state index is 0.684. The summed E-state index contributed by atoms with van der Waals surface area (Å²) >= 11 is 3.52. The van der Waals surface area contributed by atoms with Crippen molar-refractivity contribution in [2.45, 2.75) is 130 Å². The molecule has 1 N–H and O–H groups in total. The number of hydrogen-bond acceptors (Lipinski definition) is 3. The number of halogens is 1. The Morgan fingerprint density at radius 1 is 0.540 bits per heavy atom. The molecule has 270 valence electrons. The lowest BCUT2D eigenvalue weighted by atomic mass is 10.2. The number of nitrogens with zero attached hydrogens (tertiary/aromatic N) is 5. The third kappa shape index (κ3) is 7.46. The monoisotopic (exact) mass is 772 g/mol. The van der Waals surface area contributed by atoms with Gasteiger partial charge in [0.15, 0.2) is 16.5 Å². The largest absolute Gasteiger partial charge is 0.359 e. The van der Waals surface area contributed by atoms with E-state index in [9.17, 15) is 0 Å². The van der Waals surface area contributed by atoms with Crippen LogP contribution in [-0.4, -0.2) is 44.9 Å². The molecular formula is C41H61BrN6Si2. The molecule has 50 heavy (non-hydrogen) atoms. The molecule has 0 unspecified atom stereocenters. The molecule has 6 heterocycles. The summed E-state index contributed by atoms with van der Waals surface area (Å²) in [5.74, 6) is 0. The fourth-order valence-electron chi connectivity index (χ4n) is 9.47. The standard InChI is InChI=1S/C17H28N2Si.C16H25BrN2Si.C8H8N2/c1-12(2)20(13(3)4,14(5)6)19-9-8-16-10-15(7)11-18-17(16)19;1-11(2)20(12(3)4,13(5)6)19-8-7-14-9-15(17)10-18-16(14)19;1-6-4-7-2-3-9-8(7)10-5-6/h8-14H,1-7H3;7-13H,1-6H3;2-5H,1H3,(H,9,10).